The van der Waals surface area contributed by atoms with Crippen LogP contribution in [0.15, 0.2) is 75.0 Å². The Morgan fingerprint density at radius 3 is 2.45 bits per heavy atom. The average Bonchev–Trinajstić information content (AvgIpc) is 3.23. The molecule has 0 saturated carbocycles. The molecule has 40 heavy (non-hydrogen) atoms. The minimum Gasteiger partial charge on any atom is -0.497 e. The van der Waals surface area contributed by atoms with E-state index < -0.39 is 0 Å². The van der Waals surface area contributed by atoms with Gasteiger partial charge in [0.05, 0.1) is 28.8 Å². The number of thioether (sulfide) groups is 1. The van der Waals surface area contributed by atoms with Crippen molar-refractivity contribution in [2.75, 3.05) is 32.2 Å². The zero-order valence-corrected chi connectivity index (χ0v) is 25.1. The van der Waals surface area contributed by atoms with Crippen molar-refractivity contribution in [3.63, 3.8) is 0 Å². The molecular weight excluding hydrogens is 594 g/mol. The van der Waals surface area contributed by atoms with E-state index in [2.05, 4.69) is 26.2 Å². The summed E-state index contributed by atoms with van der Waals surface area (Å²) in [5.74, 6) is 1.19. The van der Waals surface area contributed by atoms with Crippen molar-refractivity contribution in [1.82, 2.24) is 4.90 Å². The van der Waals surface area contributed by atoms with Crippen LogP contribution in [-0.4, -0.2) is 48.8 Å². The summed E-state index contributed by atoms with van der Waals surface area (Å²) in [7, 11) is 1.61. The molecule has 208 valence electrons. The first-order valence-electron chi connectivity index (χ1n) is 12.7. The van der Waals surface area contributed by atoms with Gasteiger partial charge in [0.25, 0.3) is 11.8 Å². The lowest BCUT2D eigenvalue weighted by Gasteiger charge is -2.15. The van der Waals surface area contributed by atoms with Gasteiger partial charge in [0.2, 0.25) is 0 Å². The standard InChI is InChI=1S/C30H30BrN3O5S/c1-5-34-29(36)26(40-30(34)33-22-11-13-23(37-4)14-12-22)17-20-15-24(31)28(25(16-20)38-6-2)39-18-27(35)32-21-9-7-19(3)8-10-21/h7-17H,5-6,18H2,1-4H3,(H,32,35)/b26-17+,33-30?. The molecule has 0 aromatic heterocycles. The Kier molecular flexibility index (Phi) is 9.89. The number of hydrogen-bond acceptors (Lipinski definition) is 7. The number of ether oxygens (including phenoxy) is 3. The van der Waals surface area contributed by atoms with Crippen molar-refractivity contribution in [3.05, 3.63) is 81.2 Å². The lowest BCUT2D eigenvalue weighted by molar-refractivity contribution is -0.122. The van der Waals surface area contributed by atoms with Gasteiger partial charge in [0, 0.05) is 12.2 Å². The molecule has 1 heterocycles. The number of benzene rings is 3. The average molecular weight is 625 g/mol. The van der Waals surface area contributed by atoms with Crippen LogP contribution in [0.4, 0.5) is 11.4 Å². The fourth-order valence-electron chi connectivity index (χ4n) is 3.83. The van der Waals surface area contributed by atoms with Gasteiger partial charge in [-0.05, 0) is 109 Å². The third-order valence-electron chi connectivity index (χ3n) is 5.81. The Labute approximate surface area is 246 Å². The maximum absolute atomic E-state index is 13.2. The smallest absolute Gasteiger partial charge is 0.266 e. The van der Waals surface area contributed by atoms with Crippen molar-refractivity contribution in [1.29, 1.82) is 0 Å². The van der Waals surface area contributed by atoms with Crippen LogP contribution in [-0.2, 0) is 9.59 Å². The first-order chi connectivity index (χ1) is 19.3. The summed E-state index contributed by atoms with van der Waals surface area (Å²) in [6.07, 6.45) is 1.80. The van der Waals surface area contributed by atoms with Gasteiger partial charge < -0.3 is 19.5 Å². The Bertz CT molecular complexity index is 1440. The summed E-state index contributed by atoms with van der Waals surface area (Å²) in [5, 5.41) is 3.42. The van der Waals surface area contributed by atoms with Crippen LogP contribution in [0.5, 0.6) is 17.2 Å². The molecule has 3 aromatic carbocycles. The molecule has 1 saturated heterocycles. The van der Waals surface area contributed by atoms with Gasteiger partial charge >= 0.3 is 0 Å². The number of nitrogens with zero attached hydrogens (tertiary/aromatic N) is 2. The molecule has 0 atom stereocenters. The highest BCUT2D eigenvalue weighted by atomic mass is 79.9. The van der Waals surface area contributed by atoms with Crippen molar-refractivity contribution in [3.8, 4) is 17.2 Å². The van der Waals surface area contributed by atoms with Crippen LogP contribution in [0, 0.1) is 6.92 Å². The normalized spacial score (nSPS) is 15.0. The number of aryl methyl sites for hydroxylation is 1. The fourth-order valence-corrected chi connectivity index (χ4v) is 5.47. The number of nitrogens with one attached hydrogen (secondary N) is 1. The van der Waals surface area contributed by atoms with E-state index in [0.29, 0.717) is 44.9 Å². The second-order valence-corrected chi connectivity index (χ2v) is 10.6. The quantitative estimate of drug-likeness (QED) is 0.250. The number of likely N-dealkylation sites (N-methyl/N-ethyl adjacent to an activating group) is 1. The van der Waals surface area contributed by atoms with E-state index in [9.17, 15) is 9.59 Å². The molecule has 4 rings (SSSR count). The molecular formula is C30H30BrN3O5S. The summed E-state index contributed by atoms with van der Waals surface area (Å²) in [6.45, 7) is 6.45. The molecule has 10 heteroatoms. The zero-order chi connectivity index (χ0) is 28.6. The summed E-state index contributed by atoms with van der Waals surface area (Å²) in [6, 6.07) is 18.5. The third kappa shape index (κ3) is 7.25. The van der Waals surface area contributed by atoms with Gasteiger partial charge in [-0.1, -0.05) is 17.7 Å². The summed E-state index contributed by atoms with van der Waals surface area (Å²) in [4.78, 5) is 32.5. The Hall–Kier alpha value is -3.76. The van der Waals surface area contributed by atoms with E-state index in [1.165, 1.54) is 11.8 Å². The van der Waals surface area contributed by atoms with Crippen molar-refractivity contribution in [2.24, 2.45) is 4.99 Å². The number of amidine groups is 1. The number of anilines is 1. The molecule has 0 unspecified atom stereocenters. The van der Waals surface area contributed by atoms with Crippen molar-refractivity contribution >= 4 is 62.1 Å². The van der Waals surface area contributed by atoms with Crippen LogP contribution >= 0.6 is 27.7 Å². The minimum absolute atomic E-state index is 0.123. The molecule has 3 aromatic rings. The van der Waals surface area contributed by atoms with Crippen LogP contribution in [0.3, 0.4) is 0 Å². The molecule has 8 nitrogen and oxygen atoms in total. The zero-order valence-electron chi connectivity index (χ0n) is 22.7. The van der Waals surface area contributed by atoms with E-state index in [-0.39, 0.29) is 18.4 Å². The maximum Gasteiger partial charge on any atom is 0.266 e. The van der Waals surface area contributed by atoms with Gasteiger partial charge in [0.15, 0.2) is 23.3 Å². The topological polar surface area (TPSA) is 89.5 Å². The molecule has 0 aliphatic carbocycles. The molecule has 0 bridgehead atoms. The first kappa shape index (κ1) is 29.2. The van der Waals surface area contributed by atoms with Gasteiger partial charge in [-0.3, -0.25) is 14.5 Å². The molecule has 2 amide bonds. The number of carbonyl (C=O) groups excluding carboxylic acids is 2. The van der Waals surface area contributed by atoms with Gasteiger partial charge in [-0.15, -0.1) is 0 Å². The Morgan fingerprint density at radius 2 is 1.80 bits per heavy atom. The predicted octanol–water partition coefficient (Wildman–Crippen LogP) is 6.81. The minimum atomic E-state index is -0.291. The number of methoxy groups -OCH3 is 1. The molecule has 0 radical (unpaired) electrons. The van der Waals surface area contributed by atoms with Crippen molar-refractivity contribution in [2.45, 2.75) is 20.8 Å². The summed E-state index contributed by atoms with van der Waals surface area (Å²) >= 11 is 4.86. The largest absolute Gasteiger partial charge is 0.497 e. The molecule has 1 aliphatic rings. The lowest BCUT2D eigenvalue weighted by Crippen LogP contribution is -2.28. The van der Waals surface area contributed by atoms with Crippen LogP contribution < -0.4 is 19.5 Å². The van der Waals surface area contributed by atoms with E-state index in [1.54, 1.807) is 24.2 Å². The van der Waals surface area contributed by atoms with E-state index in [1.807, 2.05) is 75.4 Å². The maximum atomic E-state index is 13.2. The van der Waals surface area contributed by atoms with Gasteiger partial charge in [-0.25, -0.2) is 4.99 Å². The molecule has 1 aliphatic heterocycles. The van der Waals surface area contributed by atoms with Crippen molar-refractivity contribution < 1.29 is 23.8 Å². The van der Waals surface area contributed by atoms with Gasteiger partial charge in [0.1, 0.15) is 5.75 Å². The predicted molar refractivity (Wildman–Crippen MR) is 164 cm³/mol. The number of hydrogen-bond donors (Lipinski definition) is 1. The number of rotatable bonds is 10. The highest BCUT2D eigenvalue weighted by Crippen LogP contribution is 2.40. The lowest BCUT2D eigenvalue weighted by atomic mass is 10.2. The fraction of sp³-hybridized carbons (Fsp3) is 0.233. The Morgan fingerprint density at radius 1 is 1.07 bits per heavy atom. The highest BCUT2D eigenvalue weighted by Gasteiger charge is 2.32. The molecule has 1 N–H and O–H groups in total. The molecule has 0 spiro atoms. The SMILES string of the molecule is CCOc1cc(/C=C2/SC(=Nc3ccc(OC)cc3)N(CC)C2=O)cc(Br)c1OCC(=O)Nc1ccc(C)cc1. The van der Waals surface area contributed by atoms with Crippen LogP contribution in [0.2, 0.25) is 0 Å². The monoisotopic (exact) mass is 623 g/mol. The van der Waals surface area contributed by atoms with Crippen LogP contribution in [0.1, 0.15) is 25.0 Å². The van der Waals surface area contributed by atoms with E-state index in [0.717, 1.165) is 22.6 Å². The van der Waals surface area contributed by atoms with Gasteiger partial charge in [-0.2, -0.15) is 0 Å². The number of aliphatic imine (C=N–C) groups is 1. The third-order valence-corrected chi connectivity index (χ3v) is 7.41. The molecule has 1 fully saturated rings. The number of halogens is 1. The number of amides is 2. The number of carbonyl (C=O) groups is 2. The first-order valence-corrected chi connectivity index (χ1v) is 14.3. The second-order valence-electron chi connectivity index (χ2n) is 8.72. The van der Waals surface area contributed by atoms with Crippen LogP contribution in [0.25, 0.3) is 6.08 Å². The van der Waals surface area contributed by atoms with E-state index in [4.69, 9.17) is 14.2 Å². The summed E-state index contributed by atoms with van der Waals surface area (Å²) in [5.41, 5.74) is 3.27. The van der Waals surface area contributed by atoms with E-state index >= 15 is 0 Å². The Balaban J connectivity index is 1.53. The summed E-state index contributed by atoms with van der Waals surface area (Å²) < 4.78 is 17.5. The second kappa shape index (κ2) is 13.5. The highest BCUT2D eigenvalue weighted by molar-refractivity contribution is 9.10.